The van der Waals surface area contributed by atoms with Crippen molar-refractivity contribution >= 4 is 65.4 Å². The van der Waals surface area contributed by atoms with E-state index in [0.717, 1.165) is 11.4 Å². The van der Waals surface area contributed by atoms with Gasteiger partial charge >= 0.3 is 0 Å². The van der Waals surface area contributed by atoms with Gasteiger partial charge in [0.15, 0.2) is 0 Å². The predicted molar refractivity (Wildman–Crippen MR) is 189 cm³/mol. The van der Waals surface area contributed by atoms with Crippen molar-refractivity contribution in [3.8, 4) is 17.1 Å². The first-order chi connectivity index (χ1) is 22.4. The standard InChI is InChI=1S/C42H27N3/c1-3-14-28(15-4-1)43-36-22-10-8-19-31(36)34-26-35-32-20-9-12-24-38(32)45(41(35)27-40(34)43)39-25-13-21-33-30-18-7-11-23-37(30)44(42(33)39)29-16-5-2-6-17-29/h1-27H. The van der Waals surface area contributed by atoms with Crippen LogP contribution < -0.4 is 0 Å². The Kier molecular flexibility index (Phi) is 5.00. The number of rotatable bonds is 3. The van der Waals surface area contributed by atoms with E-state index in [4.69, 9.17) is 0 Å². The molecule has 0 aliphatic heterocycles. The highest BCUT2D eigenvalue weighted by molar-refractivity contribution is 6.20. The molecule has 0 N–H and O–H groups in total. The molecule has 0 aliphatic carbocycles. The summed E-state index contributed by atoms with van der Waals surface area (Å²) in [6, 6.07) is 59.4. The van der Waals surface area contributed by atoms with Gasteiger partial charge in [-0.3, -0.25) is 0 Å². The molecule has 45 heavy (non-hydrogen) atoms. The fourth-order valence-corrected chi connectivity index (χ4v) is 7.57. The highest BCUT2D eigenvalue weighted by Crippen LogP contribution is 2.42. The van der Waals surface area contributed by atoms with Crippen LogP contribution in [0.5, 0.6) is 0 Å². The number of benzene rings is 7. The lowest BCUT2D eigenvalue weighted by Gasteiger charge is -2.14. The normalized spacial score (nSPS) is 12.0. The number of hydrogen-bond acceptors (Lipinski definition) is 0. The summed E-state index contributed by atoms with van der Waals surface area (Å²) in [5.41, 5.74) is 10.7. The van der Waals surface area contributed by atoms with Crippen molar-refractivity contribution in [3.05, 3.63) is 164 Å². The molecule has 3 aromatic heterocycles. The first kappa shape index (κ1) is 24.4. The lowest BCUT2D eigenvalue weighted by Crippen LogP contribution is -2.00. The highest BCUT2D eigenvalue weighted by Gasteiger charge is 2.21. The second-order valence-electron chi connectivity index (χ2n) is 11.8. The summed E-state index contributed by atoms with van der Waals surface area (Å²) in [6.07, 6.45) is 0. The van der Waals surface area contributed by atoms with Crippen molar-refractivity contribution in [1.82, 2.24) is 13.7 Å². The van der Waals surface area contributed by atoms with E-state index in [1.165, 1.54) is 71.1 Å². The zero-order valence-corrected chi connectivity index (χ0v) is 24.4. The van der Waals surface area contributed by atoms with Crippen LogP contribution in [0.2, 0.25) is 0 Å². The first-order valence-corrected chi connectivity index (χ1v) is 15.5. The Morgan fingerprint density at radius 1 is 0.267 bits per heavy atom. The van der Waals surface area contributed by atoms with Gasteiger partial charge in [-0.1, -0.05) is 103 Å². The lowest BCUT2D eigenvalue weighted by molar-refractivity contribution is 1.13. The Hall–Kier alpha value is -6.06. The molecule has 0 atom stereocenters. The molecule has 7 aromatic carbocycles. The topological polar surface area (TPSA) is 14.8 Å². The van der Waals surface area contributed by atoms with Gasteiger partial charge in [0.25, 0.3) is 0 Å². The van der Waals surface area contributed by atoms with Crippen LogP contribution in [-0.4, -0.2) is 13.7 Å². The number of nitrogens with zero attached hydrogens (tertiary/aromatic N) is 3. The van der Waals surface area contributed by atoms with E-state index in [9.17, 15) is 0 Å². The number of fused-ring (bicyclic) bond motifs is 9. The summed E-state index contributed by atoms with van der Waals surface area (Å²) in [7, 11) is 0. The van der Waals surface area contributed by atoms with E-state index < -0.39 is 0 Å². The molecule has 0 radical (unpaired) electrons. The van der Waals surface area contributed by atoms with Gasteiger partial charge in [-0.15, -0.1) is 0 Å². The maximum atomic E-state index is 2.48. The monoisotopic (exact) mass is 573 g/mol. The second kappa shape index (κ2) is 9.22. The number of hydrogen-bond donors (Lipinski definition) is 0. The zero-order valence-electron chi connectivity index (χ0n) is 24.4. The van der Waals surface area contributed by atoms with Gasteiger partial charge in [-0.05, 0) is 60.7 Å². The largest absolute Gasteiger partial charge is 0.309 e. The molecule has 0 saturated heterocycles. The predicted octanol–water partition coefficient (Wildman–Crippen LogP) is 11.0. The van der Waals surface area contributed by atoms with Crippen LogP contribution in [0, 0.1) is 0 Å². The summed E-state index contributed by atoms with van der Waals surface area (Å²) in [6.45, 7) is 0. The third-order valence-corrected chi connectivity index (χ3v) is 9.41. The Morgan fingerprint density at radius 2 is 0.711 bits per heavy atom. The Morgan fingerprint density at radius 3 is 1.33 bits per heavy atom. The van der Waals surface area contributed by atoms with Gasteiger partial charge in [0, 0.05) is 43.7 Å². The minimum Gasteiger partial charge on any atom is -0.309 e. The van der Waals surface area contributed by atoms with E-state index >= 15 is 0 Å². The van der Waals surface area contributed by atoms with E-state index in [0.29, 0.717) is 0 Å². The molecule has 10 aromatic rings. The Bertz CT molecular complexity index is 2740. The zero-order chi connectivity index (χ0) is 29.5. The summed E-state index contributed by atoms with van der Waals surface area (Å²) < 4.78 is 7.32. The molecule has 0 spiro atoms. The van der Waals surface area contributed by atoms with Crippen molar-refractivity contribution < 1.29 is 0 Å². The van der Waals surface area contributed by atoms with E-state index in [-0.39, 0.29) is 0 Å². The molecule has 210 valence electrons. The summed E-state index contributed by atoms with van der Waals surface area (Å²) in [4.78, 5) is 0. The molecule has 0 amide bonds. The van der Waals surface area contributed by atoms with E-state index in [1.807, 2.05) is 0 Å². The second-order valence-corrected chi connectivity index (χ2v) is 11.8. The molecule has 0 bridgehead atoms. The van der Waals surface area contributed by atoms with Gasteiger partial charge in [0.2, 0.25) is 0 Å². The fourth-order valence-electron chi connectivity index (χ4n) is 7.57. The number of aromatic nitrogens is 3. The van der Waals surface area contributed by atoms with Gasteiger partial charge in [0.1, 0.15) is 0 Å². The van der Waals surface area contributed by atoms with Crippen LogP contribution in [-0.2, 0) is 0 Å². The molecule has 0 saturated carbocycles. The quantitative estimate of drug-likeness (QED) is 0.200. The Balaban J connectivity index is 1.41. The SMILES string of the molecule is c1ccc(-n2c3ccccc3c3cc4c5ccccc5n(-c5cccc6c7ccccc7n(-c7ccccc7)c56)c4cc32)cc1. The minimum atomic E-state index is 1.16. The van der Waals surface area contributed by atoms with Crippen LogP contribution in [0.1, 0.15) is 0 Å². The number of para-hydroxylation sites is 6. The Labute approximate surface area is 259 Å². The van der Waals surface area contributed by atoms with E-state index in [2.05, 4.69) is 177 Å². The van der Waals surface area contributed by atoms with Gasteiger partial charge in [-0.2, -0.15) is 0 Å². The van der Waals surface area contributed by atoms with Crippen molar-refractivity contribution in [2.24, 2.45) is 0 Å². The van der Waals surface area contributed by atoms with Crippen molar-refractivity contribution in [2.75, 3.05) is 0 Å². The maximum Gasteiger partial charge on any atom is 0.0782 e. The molecule has 3 nitrogen and oxygen atoms in total. The molecule has 0 fully saturated rings. The highest BCUT2D eigenvalue weighted by atomic mass is 15.1. The third kappa shape index (κ3) is 3.35. The first-order valence-electron chi connectivity index (χ1n) is 15.5. The van der Waals surface area contributed by atoms with Crippen LogP contribution in [0.15, 0.2) is 164 Å². The van der Waals surface area contributed by atoms with Crippen molar-refractivity contribution in [1.29, 1.82) is 0 Å². The molecule has 10 rings (SSSR count). The van der Waals surface area contributed by atoms with Gasteiger partial charge < -0.3 is 13.7 Å². The molecule has 3 heteroatoms. The summed E-state index contributed by atoms with van der Waals surface area (Å²) >= 11 is 0. The summed E-state index contributed by atoms with van der Waals surface area (Å²) in [5, 5.41) is 7.55. The average Bonchev–Trinajstić information content (AvgIpc) is 3.73. The van der Waals surface area contributed by atoms with Crippen LogP contribution >= 0.6 is 0 Å². The van der Waals surface area contributed by atoms with Gasteiger partial charge in [0.05, 0.1) is 38.8 Å². The van der Waals surface area contributed by atoms with Crippen LogP contribution in [0.25, 0.3) is 82.5 Å². The lowest BCUT2D eigenvalue weighted by atomic mass is 10.1. The third-order valence-electron chi connectivity index (χ3n) is 9.41. The maximum absolute atomic E-state index is 2.48. The van der Waals surface area contributed by atoms with Gasteiger partial charge in [-0.25, -0.2) is 0 Å². The molecule has 0 unspecified atom stereocenters. The molecular weight excluding hydrogens is 546 g/mol. The van der Waals surface area contributed by atoms with Crippen molar-refractivity contribution in [2.45, 2.75) is 0 Å². The average molecular weight is 574 g/mol. The molecule has 0 aliphatic rings. The molecule has 3 heterocycles. The van der Waals surface area contributed by atoms with Crippen molar-refractivity contribution in [3.63, 3.8) is 0 Å². The molecular formula is C42H27N3. The van der Waals surface area contributed by atoms with Crippen LogP contribution in [0.3, 0.4) is 0 Å². The fraction of sp³-hybridized carbons (Fsp3) is 0. The summed E-state index contributed by atoms with van der Waals surface area (Å²) in [5.74, 6) is 0. The smallest absolute Gasteiger partial charge is 0.0782 e. The minimum absolute atomic E-state index is 1.16. The van der Waals surface area contributed by atoms with Crippen LogP contribution in [0.4, 0.5) is 0 Å². The van der Waals surface area contributed by atoms with E-state index in [1.54, 1.807) is 0 Å².